The fourth-order valence-electron chi connectivity index (χ4n) is 2.04. The van der Waals surface area contributed by atoms with Crippen molar-refractivity contribution in [1.29, 1.82) is 0 Å². The van der Waals surface area contributed by atoms with Gasteiger partial charge in [-0.05, 0) is 25.8 Å². The second-order valence-corrected chi connectivity index (χ2v) is 4.76. The van der Waals surface area contributed by atoms with Gasteiger partial charge in [-0.2, -0.15) is 0 Å². The summed E-state index contributed by atoms with van der Waals surface area (Å²) < 4.78 is 0. The Bertz CT molecular complexity index is 396. The second-order valence-electron chi connectivity index (χ2n) is 4.76. The summed E-state index contributed by atoms with van der Waals surface area (Å²) in [6.07, 6.45) is 1.09. The van der Waals surface area contributed by atoms with E-state index >= 15 is 0 Å². The molecule has 1 aliphatic heterocycles. The molecular weight excluding hydrogens is 196 g/mol. The lowest BCUT2D eigenvalue weighted by atomic mass is 10.0. The van der Waals surface area contributed by atoms with E-state index in [0.717, 1.165) is 6.42 Å². The summed E-state index contributed by atoms with van der Waals surface area (Å²) in [6, 6.07) is 11.0. The zero-order chi connectivity index (χ0) is 11.8. The molecule has 2 nitrogen and oxygen atoms in total. The van der Waals surface area contributed by atoms with Crippen molar-refractivity contribution < 1.29 is 0 Å². The van der Waals surface area contributed by atoms with Crippen LogP contribution in [-0.4, -0.2) is 23.3 Å². The molecule has 0 amide bonds. The van der Waals surface area contributed by atoms with Gasteiger partial charge in [0.25, 0.3) is 0 Å². The van der Waals surface area contributed by atoms with Crippen molar-refractivity contribution in [2.24, 2.45) is 4.99 Å². The lowest BCUT2D eigenvalue weighted by molar-refractivity contribution is 0.399. The maximum absolute atomic E-state index is 4.59. The van der Waals surface area contributed by atoms with Crippen LogP contribution < -0.4 is 0 Å². The topological polar surface area (TPSA) is 15.6 Å². The molecule has 86 valence electrons. The van der Waals surface area contributed by atoms with Gasteiger partial charge < -0.3 is 4.90 Å². The average Bonchev–Trinajstić information content (AvgIpc) is 3.02. The van der Waals surface area contributed by atoms with Gasteiger partial charge in [0.1, 0.15) is 11.4 Å². The molecule has 0 saturated carbocycles. The normalized spacial score (nSPS) is 24.9. The SMILES string of the molecule is CC[C@@]1(C)N=C1N(C)[C@H](C)c1ccccc1. The quantitative estimate of drug-likeness (QED) is 0.757. The number of hydrogen-bond acceptors (Lipinski definition) is 2. The van der Waals surface area contributed by atoms with Gasteiger partial charge in [0, 0.05) is 7.05 Å². The molecule has 1 heterocycles. The second kappa shape index (κ2) is 3.93. The third kappa shape index (κ3) is 1.84. The number of aliphatic imine (C=N–C) groups is 1. The van der Waals surface area contributed by atoms with Gasteiger partial charge in [-0.15, -0.1) is 0 Å². The number of benzene rings is 1. The molecule has 0 spiro atoms. The molecule has 0 aromatic heterocycles. The summed E-state index contributed by atoms with van der Waals surface area (Å²) in [6.45, 7) is 6.63. The summed E-state index contributed by atoms with van der Waals surface area (Å²) >= 11 is 0. The van der Waals surface area contributed by atoms with Crippen molar-refractivity contribution >= 4 is 5.84 Å². The molecule has 0 fully saturated rings. The van der Waals surface area contributed by atoms with Crippen molar-refractivity contribution in [2.45, 2.75) is 38.8 Å². The van der Waals surface area contributed by atoms with Gasteiger partial charge in [-0.3, -0.25) is 4.99 Å². The van der Waals surface area contributed by atoms with E-state index < -0.39 is 0 Å². The maximum Gasteiger partial charge on any atom is 0.128 e. The van der Waals surface area contributed by atoms with Gasteiger partial charge in [-0.1, -0.05) is 37.3 Å². The molecule has 2 heteroatoms. The first-order valence-corrected chi connectivity index (χ1v) is 5.96. The van der Waals surface area contributed by atoms with Crippen LogP contribution >= 0.6 is 0 Å². The minimum absolute atomic E-state index is 0.109. The average molecular weight is 216 g/mol. The van der Waals surface area contributed by atoms with E-state index in [1.165, 1.54) is 11.4 Å². The summed E-state index contributed by atoms with van der Waals surface area (Å²) in [4.78, 5) is 6.88. The number of amidine groups is 1. The van der Waals surface area contributed by atoms with Crippen LogP contribution in [0.15, 0.2) is 35.3 Å². The first kappa shape index (κ1) is 11.2. The third-order valence-corrected chi connectivity index (χ3v) is 3.67. The monoisotopic (exact) mass is 216 g/mol. The molecule has 16 heavy (non-hydrogen) atoms. The lowest BCUT2D eigenvalue weighted by Crippen LogP contribution is -2.31. The number of nitrogens with zero attached hydrogens (tertiary/aromatic N) is 2. The fourth-order valence-corrected chi connectivity index (χ4v) is 2.04. The molecule has 0 bridgehead atoms. The van der Waals surface area contributed by atoms with Gasteiger partial charge in [0.05, 0.1) is 6.04 Å². The molecule has 0 unspecified atom stereocenters. The Hall–Kier alpha value is -1.31. The van der Waals surface area contributed by atoms with Crippen molar-refractivity contribution in [3.05, 3.63) is 35.9 Å². The van der Waals surface area contributed by atoms with Gasteiger partial charge in [0.15, 0.2) is 0 Å². The van der Waals surface area contributed by atoms with Gasteiger partial charge >= 0.3 is 0 Å². The smallest absolute Gasteiger partial charge is 0.128 e. The molecular formula is C14H20N2. The van der Waals surface area contributed by atoms with Crippen molar-refractivity contribution in [1.82, 2.24) is 4.90 Å². The highest BCUT2D eigenvalue weighted by Gasteiger charge is 2.44. The first-order valence-electron chi connectivity index (χ1n) is 5.96. The highest BCUT2D eigenvalue weighted by molar-refractivity contribution is 6.03. The molecule has 0 aliphatic carbocycles. The molecule has 2 rings (SSSR count). The molecule has 2 atom stereocenters. The number of rotatable bonds is 3. The third-order valence-electron chi connectivity index (χ3n) is 3.67. The minimum Gasteiger partial charge on any atom is -0.355 e. The van der Waals surface area contributed by atoms with E-state index in [2.05, 4.69) is 68.0 Å². The number of hydrogen-bond donors (Lipinski definition) is 0. The molecule has 1 aromatic carbocycles. The molecule has 1 aromatic rings. The number of likely N-dealkylation sites (N-methyl/N-ethyl adjacent to an activating group) is 1. The Kier molecular flexibility index (Phi) is 2.75. The maximum atomic E-state index is 4.59. The van der Waals surface area contributed by atoms with Crippen LogP contribution in [0.5, 0.6) is 0 Å². The van der Waals surface area contributed by atoms with E-state index in [9.17, 15) is 0 Å². The molecule has 0 radical (unpaired) electrons. The van der Waals surface area contributed by atoms with Crippen LogP contribution in [0.1, 0.15) is 38.8 Å². The highest BCUT2D eigenvalue weighted by Crippen LogP contribution is 2.35. The van der Waals surface area contributed by atoms with E-state index in [4.69, 9.17) is 0 Å². The van der Waals surface area contributed by atoms with Crippen LogP contribution in [0, 0.1) is 0 Å². The van der Waals surface area contributed by atoms with Crippen LogP contribution in [0.4, 0.5) is 0 Å². The summed E-state index contributed by atoms with van der Waals surface area (Å²) in [5, 5.41) is 0. The molecule has 0 saturated heterocycles. The Morgan fingerprint density at radius 3 is 2.44 bits per heavy atom. The Labute approximate surface area is 98.0 Å². The van der Waals surface area contributed by atoms with Crippen molar-refractivity contribution in [3.8, 4) is 0 Å². The summed E-state index contributed by atoms with van der Waals surface area (Å²) in [7, 11) is 2.14. The van der Waals surface area contributed by atoms with Crippen molar-refractivity contribution in [3.63, 3.8) is 0 Å². The first-order chi connectivity index (χ1) is 7.58. The predicted octanol–water partition coefficient (Wildman–Crippen LogP) is 3.26. The van der Waals surface area contributed by atoms with Crippen LogP contribution in [0.25, 0.3) is 0 Å². The zero-order valence-electron chi connectivity index (χ0n) is 10.6. The molecule has 1 aliphatic rings. The van der Waals surface area contributed by atoms with Crippen LogP contribution in [-0.2, 0) is 0 Å². The van der Waals surface area contributed by atoms with Crippen LogP contribution in [0.3, 0.4) is 0 Å². The Morgan fingerprint density at radius 1 is 1.31 bits per heavy atom. The van der Waals surface area contributed by atoms with E-state index in [1.807, 2.05) is 0 Å². The van der Waals surface area contributed by atoms with E-state index in [0.29, 0.717) is 6.04 Å². The lowest BCUT2D eigenvalue weighted by Gasteiger charge is -2.25. The fraction of sp³-hybridized carbons (Fsp3) is 0.500. The Morgan fingerprint density at radius 2 is 1.94 bits per heavy atom. The van der Waals surface area contributed by atoms with E-state index in [1.54, 1.807) is 0 Å². The van der Waals surface area contributed by atoms with E-state index in [-0.39, 0.29) is 5.54 Å². The summed E-state index contributed by atoms with van der Waals surface area (Å²) in [5.74, 6) is 1.24. The van der Waals surface area contributed by atoms with Gasteiger partial charge in [0.2, 0.25) is 0 Å². The van der Waals surface area contributed by atoms with Crippen LogP contribution in [0.2, 0.25) is 0 Å². The standard InChI is InChI=1S/C14H20N2/c1-5-14(3)13(15-14)16(4)11(2)12-9-7-6-8-10-12/h6-11H,5H2,1-4H3/t11-,14-/m1/s1. The van der Waals surface area contributed by atoms with Gasteiger partial charge in [-0.25, -0.2) is 0 Å². The highest BCUT2D eigenvalue weighted by atomic mass is 15.3. The molecule has 0 N–H and O–H groups in total. The predicted molar refractivity (Wildman–Crippen MR) is 68.8 cm³/mol. The summed E-state index contributed by atoms with van der Waals surface area (Å²) in [5.41, 5.74) is 1.45. The zero-order valence-corrected chi connectivity index (χ0v) is 10.6. The van der Waals surface area contributed by atoms with Crippen molar-refractivity contribution in [2.75, 3.05) is 7.05 Å². The Balaban J connectivity index is 2.07. The largest absolute Gasteiger partial charge is 0.355 e. The minimum atomic E-state index is 0.109.